The standard InChI is InChI=1S/C56H38N2/c1-3-12-39(13-4-1)41-26-29-50(30-27-41)57(52-32-33-54-53-20-9-10-21-55(53)58(56(54)38-52)49-18-5-2-6-19-49)51-31-28-42-23-25-47(36-48(42)37-51)45-17-11-16-44(35-45)46-24-22-40-14-7-8-15-43(40)34-46/h1-38H. The molecule has 0 amide bonds. The van der Waals surface area contributed by atoms with Crippen LogP contribution in [-0.2, 0) is 0 Å². The van der Waals surface area contributed by atoms with Crippen molar-refractivity contribution < 1.29 is 0 Å². The van der Waals surface area contributed by atoms with Gasteiger partial charge in [-0.1, -0.05) is 158 Å². The van der Waals surface area contributed by atoms with E-state index in [2.05, 4.69) is 240 Å². The Morgan fingerprint density at radius 2 is 0.759 bits per heavy atom. The van der Waals surface area contributed by atoms with Gasteiger partial charge in [0.1, 0.15) is 0 Å². The third kappa shape index (κ3) is 6.00. The van der Waals surface area contributed by atoms with Crippen LogP contribution in [0.5, 0.6) is 0 Å². The number of nitrogens with zero attached hydrogens (tertiary/aromatic N) is 2. The number of rotatable bonds is 7. The van der Waals surface area contributed by atoms with E-state index in [9.17, 15) is 0 Å². The molecule has 1 heterocycles. The average molecular weight is 739 g/mol. The molecule has 0 aliphatic heterocycles. The van der Waals surface area contributed by atoms with Gasteiger partial charge in [0, 0.05) is 33.5 Å². The lowest BCUT2D eigenvalue weighted by Gasteiger charge is -2.26. The molecule has 0 unspecified atom stereocenters. The van der Waals surface area contributed by atoms with E-state index >= 15 is 0 Å². The van der Waals surface area contributed by atoms with Crippen molar-refractivity contribution in [1.29, 1.82) is 0 Å². The Balaban J connectivity index is 1.05. The third-order valence-corrected chi connectivity index (χ3v) is 11.5. The SMILES string of the molecule is c1ccc(-c2ccc(N(c3ccc4ccc(-c5cccc(-c6ccc7ccccc7c6)c5)cc4c3)c3ccc4c5ccccc5n(-c5ccccc5)c4c3)cc2)cc1. The first-order valence-electron chi connectivity index (χ1n) is 19.9. The number of hydrogen-bond acceptors (Lipinski definition) is 1. The molecule has 0 aliphatic carbocycles. The molecule has 0 aliphatic rings. The third-order valence-electron chi connectivity index (χ3n) is 11.5. The van der Waals surface area contributed by atoms with E-state index in [0.29, 0.717) is 0 Å². The fraction of sp³-hybridized carbons (Fsp3) is 0. The molecule has 2 heteroatoms. The maximum atomic E-state index is 2.40. The predicted molar refractivity (Wildman–Crippen MR) is 247 cm³/mol. The molecule has 0 fully saturated rings. The van der Waals surface area contributed by atoms with E-state index in [-0.39, 0.29) is 0 Å². The van der Waals surface area contributed by atoms with E-state index in [4.69, 9.17) is 0 Å². The van der Waals surface area contributed by atoms with Crippen LogP contribution in [0.3, 0.4) is 0 Å². The number of anilines is 3. The molecule has 0 N–H and O–H groups in total. The summed E-state index contributed by atoms with van der Waals surface area (Å²) < 4.78 is 2.39. The van der Waals surface area contributed by atoms with Crippen LogP contribution in [-0.4, -0.2) is 4.57 Å². The fourth-order valence-corrected chi connectivity index (χ4v) is 8.63. The van der Waals surface area contributed by atoms with Gasteiger partial charge in [0.15, 0.2) is 0 Å². The first-order valence-corrected chi connectivity index (χ1v) is 19.9. The van der Waals surface area contributed by atoms with Crippen molar-refractivity contribution in [3.63, 3.8) is 0 Å². The Labute approximate surface area is 338 Å². The molecule has 10 aromatic carbocycles. The smallest absolute Gasteiger partial charge is 0.0561 e. The van der Waals surface area contributed by atoms with E-state index in [1.54, 1.807) is 0 Å². The van der Waals surface area contributed by atoms with Gasteiger partial charge in [0.25, 0.3) is 0 Å². The second-order valence-corrected chi connectivity index (χ2v) is 15.0. The van der Waals surface area contributed by atoms with Gasteiger partial charge in [0.05, 0.1) is 11.0 Å². The van der Waals surface area contributed by atoms with Crippen molar-refractivity contribution >= 4 is 60.4 Å². The molecule has 0 bridgehead atoms. The normalized spacial score (nSPS) is 11.4. The molecule has 0 radical (unpaired) electrons. The largest absolute Gasteiger partial charge is 0.310 e. The minimum atomic E-state index is 1.10. The van der Waals surface area contributed by atoms with Crippen molar-refractivity contribution in [2.75, 3.05) is 4.90 Å². The van der Waals surface area contributed by atoms with E-state index in [0.717, 1.165) is 22.7 Å². The van der Waals surface area contributed by atoms with Crippen LogP contribution in [0.4, 0.5) is 17.1 Å². The lowest BCUT2D eigenvalue weighted by atomic mass is 9.96. The molecule has 272 valence electrons. The lowest BCUT2D eigenvalue weighted by molar-refractivity contribution is 1.18. The van der Waals surface area contributed by atoms with Crippen molar-refractivity contribution in [2.45, 2.75) is 0 Å². The highest BCUT2D eigenvalue weighted by molar-refractivity contribution is 6.10. The zero-order chi connectivity index (χ0) is 38.4. The molecular weight excluding hydrogens is 701 g/mol. The summed E-state index contributed by atoms with van der Waals surface area (Å²) in [5, 5.41) is 7.39. The van der Waals surface area contributed by atoms with E-state index in [1.807, 2.05) is 0 Å². The Hall–Kier alpha value is -7.68. The van der Waals surface area contributed by atoms with Gasteiger partial charge in [-0.3, -0.25) is 0 Å². The molecule has 58 heavy (non-hydrogen) atoms. The van der Waals surface area contributed by atoms with Gasteiger partial charge in [-0.05, 0) is 128 Å². The van der Waals surface area contributed by atoms with Crippen LogP contribution in [0.2, 0.25) is 0 Å². The minimum Gasteiger partial charge on any atom is -0.310 e. The Bertz CT molecular complexity index is 3270. The molecule has 0 saturated heterocycles. The summed E-state index contributed by atoms with van der Waals surface area (Å²) in [6.45, 7) is 0. The van der Waals surface area contributed by atoms with Gasteiger partial charge >= 0.3 is 0 Å². The molecule has 0 saturated carbocycles. The second-order valence-electron chi connectivity index (χ2n) is 15.0. The van der Waals surface area contributed by atoms with Crippen molar-refractivity contribution in [1.82, 2.24) is 4.57 Å². The van der Waals surface area contributed by atoms with Crippen LogP contribution < -0.4 is 4.90 Å². The van der Waals surface area contributed by atoms with Crippen LogP contribution in [0.1, 0.15) is 0 Å². The van der Waals surface area contributed by atoms with Crippen molar-refractivity contribution in [2.24, 2.45) is 0 Å². The van der Waals surface area contributed by atoms with Crippen LogP contribution in [0.15, 0.2) is 231 Å². The maximum Gasteiger partial charge on any atom is 0.0561 e. The highest BCUT2D eigenvalue weighted by Gasteiger charge is 2.18. The molecule has 0 spiro atoms. The second kappa shape index (κ2) is 14.1. The monoisotopic (exact) mass is 738 g/mol. The van der Waals surface area contributed by atoms with Gasteiger partial charge in [-0.25, -0.2) is 0 Å². The fourth-order valence-electron chi connectivity index (χ4n) is 8.63. The molecule has 0 atom stereocenters. The minimum absolute atomic E-state index is 1.10. The first kappa shape index (κ1) is 33.6. The van der Waals surface area contributed by atoms with Crippen molar-refractivity contribution in [3.8, 4) is 39.1 Å². The Kier molecular flexibility index (Phi) is 8.19. The summed E-state index contributed by atoms with van der Waals surface area (Å²) in [6, 6.07) is 83.8. The summed E-state index contributed by atoms with van der Waals surface area (Å²) >= 11 is 0. The first-order chi connectivity index (χ1) is 28.7. The summed E-state index contributed by atoms with van der Waals surface area (Å²) in [4.78, 5) is 2.40. The van der Waals surface area contributed by atoms with Gasteiger partial charge in [0.2, 0.25) is 0 Å². The summed E-state index contributed by atoms with van der Waals surface area (Å²) in [7, 11) is 0. The average Bonchev–Trinajstić information content (AvgIpc) is 3.63. The summed E-state index contributed by atoms with van der Waals surface area (Å²) in [6.07, 6.45) is 0. The number of fused-ring (bicyclic) bond motifs is 5. The zero-order valence-electron chi connectivity index (χ0n) is 31.8. The number of hydrogen-bond donors (Lipinski definition) is 0. The van der Waals surface area contributed by atoms with E-state index in [1.165, 1.54) is 76.7 Å². The number of aromatic nitrogens is 1. The van der Waals surface area contributed by atoms with Crippen LogP contribution in [0, 0.1) is 0 Å². The van der Waals surface area contributed by atoms with Crippen LogP contribution in [0.25, 0.3) is 82.4 Å². The quantitative estimate of drug-likeness (QED) is 0.158. The summed E-state index contributed by atoms with van der Waals surface area (Å²) in [5.41, 5.74) is 14.0. The molecular formula is C56H38N2. The molecule has 11 aromatic rings. The van der Waals surface area contributed by atoms with Gasteiger partial charge < -0.3 is 9.47 Å². The van der Waals surface area contributed by atoms with Gasteiger partial charge in [-0.15, -0.1) is 0 Å². The maximum absolute atomic E-state index is 2.40. The molecule has 2 nitrogen and oxygen atoms in total. The van der Waals surface area contributed by atoms with Gasteiger partial charge in [-0.2, -0.15) is 0 Å². The lowest BCUT2D eigenvalue weighted by Crippen LogP contribution is -2.10. The highest BCUT2D eigenvalue weighted by atomic mass is 15.1. The van der Waals surface area contributed by atoms with Crippen molar-refractivity contribution in [3.05, 3.63) is 231 Å². The predicted octanol–water partition coefficient (Wildman–Crippen LogP) is 15.6. The topological polar surface area (TPSA) is 8.17 Å². The molecule has 1 aromatic heterocycles. The van der Waals surface area contributed by atoms with E-state index < -0.39 is 0 Å². The Morgan fingerprint density at radius 3 is 1.53 bits per heavy atom. The number of para-hydroxylation sites is 2. The van der Waals surface area contributed by atoms with Crippen LogP contribution >= 0.6 is 0 Å². The highest BCUT2D eigenvalue weighted by Crippen LogP contribution is 2.41. The Morgan fingerprint density at radius 1 is 0.259 bits per heavy atom. The molecule has 11 rings (SSSR count). The number of benzene rings is 10. The summed E-state index contributed by atoms with van der Waals surface area (Å²) in [5.74, 6) is 0. The zero-order valence-corrected chi connectivity index (χ0v) is 31.8.